The van der Waals surface area contributed by atoms with Gasteiger partial charge in [-0.3, -0.25) is 0 Å². The van der Waals surface area contributed by atoms with Crippen LogP contribution < -0.4 is 10.1 Å². The van der Waals surface area contributed by atoms with Crippen LogP contribution in [0.25, 0.3) is 0 Å². The van der Waals surface area contributed by atoms with E-state index < -0.39 is 0 Å². The number of phenolic OH excluding ortho intramolecular Hbond substituents is 1. The summed E-state index contributed by atoms with van der Waals surface area (Å²) in [6.45, 7) is 4.35. The first-order valence-electron chi connectivity index (χ1n) is 8.50. The van der Waals surface area contributed by atoms with Gasteiger partial charge in [-0.25, -0.2) is 0 Å². The molecule has 3 heteroatoms. The summed E-state index contributed by atoms with van der Waals surface area (Å²) in [4.78, 5) is 0. The summed E-state index contributed by atoms with van der Waals surface area (Å²) < 4.78 is 5.31. The minimum absolute atomic E-state index is 0.186. The molecule has 2 aromatic rings. The summed E-state index contributed by atoms with van der Waals surface area (Å²) in [5, 5.41) is 13.7. The van der Waals surface area contributed by atoms with E-state index in [-0.39, 0.29) is 11.8 Å². The van der Waals surface area contributed by atoms with E-state index in [1.54, 1.807) is 13.2 Å². The zero-order valence-corrected chi connectivity index (χ0v) is 14.3. The highest BCUT2D eigenvalue weighted by Crippen LogP contribution is 2.51. The predicted octanol–water partition coefficient (Wildman–Crippen LogP) is 4.84. The van der Waals surface area contributed by atoms with E-state index in [1.807, 2.05) is 12.1 Å². The van der Waals surface area contributed by atoms with Gasteiger partial charge in [0.2, 0.25) is 0 Å². The SMILES string of the molecule is COc1cc(C2Nc3c(ccc(C)c3C)C3C=CCC32)ccc1O. The van der Waals surface area contributed by atoms with Crippen LogP contribution >= 0.6 is 0 Å². The molecule has 0 bridgehead atoms. The van der Waals surface area contributed by atoms with Crippen molar-refractivity contribution < 1.29 is 9.84 Å². The Morgan fingerprint density at radius 2 is 2.00 bits per heavy atom. The summed E-state index contributed by atoms with van der Waals surface area (Å²) >= 11 is 0. The molecule has 0 saturated carbocycles. The zero-order valence-electron chi connectivity index (χ0n) is 14.3. The van der Waals surface area contributed by atoms with Crippen molar-refractivity contribution in [3.8, 4) is 11.5 Å². The maximum Gasteiger partial charge on any atom is 0.160 e. The molecule has 0 amide bonds. The largest absolute Gasteiger partial charge is 0.504 e. The standard InChI is InChI=1S/C21H23NO2/c1-12-7-9-17-15-5-4-6-16(15)21(22-20(17)13(12)2)14-8-10-18(23)19(11-14)24-3/h4-5,7-11,15-16,21-23H,6H2,1-3H3. The Morgan fingerprint density at radius 1 is 1.17 bits per heavy atom. The molecule has 3 unspecified atom stereocenters. The third-order valence-corrected chi connectivity index (χ3v) is 5.63. The number of rotatable bonds is 2. The molecule has 1 aliphatic heterocycles. The van der Waals surface area contributed by atoms with Gasteiger partial charge >= 0.3 is 0 Å². The van der Waals surface area contributed by atoms with Gasteiger partial charge in [0.1, 0.15) is 0 Å². The minimum atomic E-state index is 0.186. The van der Waals surface area contributed by atoms with Crippen LogP contribution in [0.2, 0.25) is 0 Å². The van der Waals surface area contributed by atoms with Crippen molar-refractivity contribution in [3.63, 3.8) is 0 Å². The van der Waals surface area contributed by atoms with Crippen LogP contribution in [-0.2, 0) is 0 Å². The van der Waals surface area contributed by atoms with Crippen LogP contribution in [0.3, 0.4) is 0 Å². The summed E-state index contributed by atoms with van der Waals surface area (Å²) in [5.74, 6) is 1.66. The van der Waals surface area contributed by atoms with E-state index in [0.29, 0.717) is 17.6 Å². The number of ether oxygens (including phenoxy) is 1. The molecular formula is C21H23NO2. The van der Waals surface area contributed by atoms with Crippen molar-refractivity contribution in [2.24, 2.45) is 5.92 Å². The maximum atomic E-state index is 9.90. The van der Waals surface area contributed by atoms with Crippen LogP contribution in [0.5, 0.6) is 11.5 Å². The smallest absolute Gasteiger partial charge is 0.160 e. The van der Waals surface area contributed by atoms with Gasteiger partial charge in [-0.05, 0) is 60.6 Å². The maximum absolute atomic E-state index is 9.90. The Balaban J connectivity index is 1.82. The molecule has 4 rings (SSSR count). The molecule has 0 spiro atoms. The van der Waals surface area contributed by atoms with Gasteiger partial charge in [-0.15, -0.1) is 0 Å². The molecular weight excluding hydrogens is 298 g/mol. The fourth-order valence-corrected chi connectivity index (χ4v) is 4.14. The summed E-state index contributed by atoms with van der Waals surface area (Å²) in [6, 6.07) is 10.4. The Morgan fingerprint density at radius 3 is 2.79 bits per heavy atom. The molecule has 2 N–H and O–H groups in total. The number of nitrogens with one attached hydrogen (secondary N) is 1. The number of anilines is 1. The van der Waals surface area contributed by atoms with E-state index in [0.717, 1.165) is 12.0 Å². The summed E-state index contributed by atoms with van der Waals surface area (Å²) in [6.07, 6.45) is 5.72. The minimum Gasteiger partial charge on any atom is -0.504 e. The number of hydrogen-bond donors (Lipinski definition) is 2. The van der Waals surface area contributed by atoms with Crippen LogP contribution in [0.15, 0.2) is 42.5 Å². The number of aromatic hydroxyl groups is 1. The normalized spacial score (nSPS) is 24.2. The zero-order chi connectivity index (χ0) is 16.8. The van der Waals surface area contributed by atoms with Gasteiger partial charge in [0.25, 0.3) is 0 Å². The van der Waals surface area contributed by atoms with E-state index >= 15 is 0 Å². The fraction of sp³-hybridized carbons (Fsp3) is 0.333. The molecule has 124 valence electrons. The van der Waals surface area contributed by atoms with E-state index in [4.69, 9.17) is 4.74 Å². The van der Waals surface area contributed by atoms with Gasteiger partial charge in [0.05, 0.1) is 13.2 Å². The molecule has 2 aliphatic rings. The van der Waals surface area contributed by atoms with Crippen molar-refractivity contribution in [2.45, 2.75) is 32.2 Å². The third-order valence-electron chi connectivity index (χ3n) is 5.63. The van der Waals surface area contributed by atoms with Crippen molar-refractivity contribution in [3.05, 3.63) is 64.7 Å². The molecule has 0 fully saturated rings. The number of methoxy groups -OCH3 is 1. The lowest BCUT2D eigenvalue weighted by Crippen LogP contribution is -2.29. The van der Waals surface area contributed by atoms with Gasteiger partial charge in [0, 0.05) is 11.6 Å². The van der Waals surface area contributed by atoms with Crippen LogP contribution in [-0.4, -0.2) is 12.2 Å². The Bertz CT molecular complexity index is 825. The van der Waals surface area contributed by atoms with Crippen LogP contribution in [0.4, 0.5) is 5.69 Å². The summed E-state index contributed by atoms with van der Waals surface area (Å²) in [7, 11) is 1.59. The molecule has 2 aromatic carbocycles. The fourth-order valence-electron chi connectivity index (χ4n) is 4.14. The lowest BCUT2D eigenvalue weighted by atomic mass is 9.76. The molecule has 1 aliphatic carbocycles. The van der Waals surface area contributed by atoms with Gasteiger partial charge in [0.15, 0.2) is 11.5 Å². The van der Waals surface area contributed by atoms with Crippen LogP contribution in [0, 0.1) is 19.8 Å². The van der Waals surface area contributed by atoms with Crippen molar-refractivity contribution in [1.29, 1.82) is 0 Å². The molecule has 1 heterocycles. The predicted molar refractivity (Wildman–Crippen MR) is 96.9 cm³/mol. The number of allylic oxidation sites excluding steroid dienone is 2. The number of benzene rings is 2. The highest BCUT2D eigenvalue weighted by atomic mass is 16.5. The van der Waals surface area contributed by atoms with Crippen molar-refractivity contribution in [2.75, 3.05) is 12.4 Å². The van der Waals surface area contributed by atoms with Gasteiger partial charge in [-0.1, -0.05) is 30.4 Å². The average molecular weight is 321 g/mol. The first kappa shape index (κ1) is 15.1. The summed E-state index contributed by atoms with van der Waals surface area (Å²) in [5.41, 5.74) is 6.46. The molecule has 0 saturated heterocycles. The number of fused-ring (bicyclic) bond motifs is 3. The number of aryl methyl sites for hydroxylation is 1. The second kappa shape index (κ2) is 5.59. The van der Waals surface area contributed by atoms with E-state index in [2.05, 4.69) is 43.4 Å². The second-order valence-electron chi connectivity index (χ2n) is 6.88. The number of phenols is 1. The molecule has 0 radical (unpaired) electrons. The molecule has 0 aromatic heterocycles. The third kappa shape index (κ3) is 2.19. The molecule has 3 nitrogen and oxygen atoms in total. The highest BCUT2D eigenvalue weighted by molar-refractivity contribution is 5.66. The topological polar surface area (TPSA) is 41.5 Å². The van der Waals surface area contributed by atoms with Crippen molar-refractivity contribution >= 4 is 5.69 Å². The Hall–Kier alpha value is -2.42. The monoisotopic (exact) mass is 321 g/mol. The van der Waals surface area contributed by atoms with Crippen LogP contribution in [0.1, 0.15) is 40.6 Å². The van der Waals surface area contributed by atoms with Gasteiger partial charge < -0.3 is 15.2 Å². The average Bonchev–Trinajstić information content (AvgIpc) is 3.08. The van der Waals surface area contributed by atoms with Crippen molar-refractivity contribution in [1.82, 2.24) is 0 Å². The number of hydrogen-bond acceptors (Lipinski definition) is 3. The lowest BCUT2D eigenvalue weighted by molar-refractivity contribution is 0.370. The first-order chi connectivity index (χ1) is 11.6. The first-order valence-corrected chi connectivity index (χ1v) is 8.50. The van der Waals surface area contributed by atoms with E-state index in [9.17, 15) is 5.11 Å². The lowest BCUT2D eigenvalue weighted by Gasteiger charge is -2.38. The quantitative estimate of drug-likeness (QED) is 0.777. The van der Waals surface area contributed by atoms with E-state index in [1.165, 1.54) is 22.4 Å². The highest BCUT2D eigenvalue weighted by Gasteiger charge is 2.38. The Kier molecular flexibility index (Phi) is 3.52. The molecule has 3 atom stereocenters. The van der Waals surface area contributed by atoms with Gasteiger partial charge in [-0.2, -0.15) is 0 Å². The molecule has 24 heavy (non-hydrogen) atoms. The second-order valence-corrected chi connectivity index (χ2v) is 6.88. The Labute approximate surface area is 143 Å².